The van der Waals surface area contributed by atoms with Crippen LogP contribution in [-0.4, -0.2) is 52.1 Å². The van der Waals surface area contributed by atoms with E-state index < -0.39 is 61.1 Å². The third-order valence-electron chi connectivity index (χ3n) is 5.85. The van der Waals surface area contributed by atoms with Gasteiger partial charge in [0.25, 0.3) is 21.9 Å². The number of hydrogen-bond acceptors (Lipinski definition) is 7. The highest BCUT2D eigenvalue weighted by Crippen LogP contribution is 2.38. The van der Waals surface area contributed by atoms with Crippen LogP contribution in [0.2, 0.25) is 0 Å². The molecule has 34 heavy (non-hydrogen) atoms. The molecule has 178 valence electrons. The van der Waals surface area contributed by atoms with E-state index in [9.17, 15) is 36.7 Å². The summed E-state index contributed by atoms with van der Waals surface area (Å²) in [5.74, 6) is -2.82. The standard InChI is InChI=1S/C22H20N2O8S2/c1-11-6-8-17(34(30,31)32)14(10-11)12(2)33(29)16-5-3-4-13-19(16)22(28)24(21(13)27)15-7-9-18(25)23-20(15)26/h3-6,8,10,12,15H,7,9H2,1-2H3,(H,23,25,26)(H,30,31,32). The molecule has 0 aromatic heterocycles. The first-order chi connectivity index (χ1) is 15.9. The van der Waals surface area contributed by atoms with E-state index in [0.717, 1.165) is 4.90 Å². The highest BCUT2D eigenvalue weighted by atomic mass is 32.2. The predicted molar refractivity (Wildman–Crippen MR) is 119 cm³/mol. The van der Waals surface area contributed by atoms with E-state index in [1.54, 1.807) is 6.92 Å². The third kappa shape index (κ3) is 4.02. The van der Waals surface area contributed by atoms with Crippen LogP contribution >= 0.6 is 0 Å². The normalized spacial score (nSPS) is 20.2. The van der Waals surface area contributed by atoms with Gasteiger partial charge < -0.3 is 4.55 Å². The fourth-order valence-corrected chi connectivity index (χ4v) is 6.44. The number of rotatable bonds is 5. The summed E-state index contributed by atoms with van der Waals surface area (Å²) < 4.78 is 46.9. The number of piperidine rings is 1. The van der Waals surface area contributed by atoms with E-state index in [1.165, 1.54) is 43.3 Å². The first-order valence-electron chi connectivity index (χ1n) is 10.2. The quantitative estimate of drug-likeness (QED) is 0.352. The zero-order valence-electron chi connectivity index (χ0n) is 18.1. The molecule has 2 aromatic rings. The molecule has 0 bridgehead atoms. The van der Waals surface area contributed by atoms with Crippen molar-refractivity contribution in [2.24, 2.45) is 0 Å². The van der Waals surface area contributed by atoms with Crippen LogP contribution < -0.4 is 5.32 Å². The summed E-state index contributed by atoms with van der Waals surface area (Å²) in [6.45, 7) is 3.19. The van der Waals surface area contributed by atoms with Gasteiger partial charge in [0.2, 0.25) is 11.8 Å². The van der Waals surface area contributed by atoms with Gasteiger partial charge in [-0.15, -0.1) is 0 Å². The van der Waals surface area contributed by atoms with Crippen molar-refractivity contribution < 1.29 is 36.7 Å². The van der Waals surface area contributed by atoms with Crippen molar-refractivity contribution in [3.8, 4) is 0 Å². The molecule has 3 unspecified atom stereocenters. The molecule has 4 rings (SSSR count). The molecule has 2 heterocycles. The van der Waals surface area contributed by atoms with Crippen molar-refractivity contribution in [3.63, 3.8) is 0 Å². The summed E-state index contributed by atoms with van der Waals surface area (Å²) in [5, 5.41) is 1.14. The molecular weight excluding hydrogens is 484 g/mol. The monoisotopic (exact) mass is 504 g/mol. The second kappa shape index (κ2) is 8.62. The molecule has 4 amide bonds. The van der Waals surface area contributed by atoms with Crippen LogP contribution in [0.15, 0.2) is 46.2 Å². The van der Waals surface area contributed by atoms with E-state index in [1.807, 2.05) is 0 Å². The topological polar surface area (TPSA) is 161 Å². The lowest BCUT2D eigenvalue weighted by atomic mass is 10.0. The molecule has 1 fully saturated rings. The van der Waals surface area contributed by atoms with E-state index >= 15 is 0 Å². The van der Waals surface area contributed by atoms with Crippen molar-refractivity contribution >= 4 is 44.9 Å². The van der Waals surface area contributed by atoms with Gasteiger partial charge in [0.15, 0.2) is 4.90 Å². The molecule has 0 aliphatic carbocycles. The molecule has 1 saturated heterocycles. The average molecular weight is 505 g/mol. The molecule has 12 heteroatoms. The van der Waals surface area contributed by atoms with Crippen molar-refractivity contribution in [1.29, 1.82) is 0 Å². The summed E-state index contributed by atoms with van der Waals surface area (Å²) in [5.41, 5.74) is 0.590. The number of imide groups is 2. The largest absolute Gasteiger partial charge is 0.611 e. The maximum Gasteiger partial charge on any atom is 0.294 e. The van der Waals surface area contributed by atoms with Crippen LogP contribution in [0.1, 0.15) is 56.9 Å². The molecular formula is C22H20N2O8S2. The molecule has 3 atom stereocenters. The molecule has 10 nitrogen and oxygen atoms in total. The second-order valence-corrected chi connectivity index (χ2v) is 11.2. The lowest BCUT2D eigenvalue weighted by molar-refractivity contribution is -0.136. The Balaban J connectivity index is 1.75. The average Bonchev–Trinajstić information content (AvgIpc) is 3.02. The number of hydrogen-bond donors (Lipinski definition) is 2. The van der Waals surface area contributed by atoms with Gasteiger partial charge in [0.1, 0.15) is 21.8 Å². The predicted octanol–water partition coefficient (Wildman–Crippen LogP) is 1.51. The highest BCUT2D eigenvalue weighted by Gasteiger charge is 2.47. The Hall–Kier alpha value is -3.06. The lowest BCUT2D eigenvalue weighted by Gasteiger charge is -2.28. The maximum absolute atomic E-state index is 13.6. The minimum Gasteiger partial charge on any atom is -0.611 e. The third-order valence-corrected chi connectivity index (χ3v) is 8.45. The molecule has 0 radical (unpaired) electrons. The van der Waals surface area contributed by atoms with Crippen molar-refractivity contribution in [3.05, 3.63) is 58.7 Å². The van der Waals surface area contributed by atoms with Crippen LogP contribution in [0.25, 0.3) is 0 Å². The number of nitrogens with zero attached hydrogens (tertiary/aromatic N) is 1. The first kappa shape index (κ1) is 24.1. The Kier molecular flexibility index (Phi) is 6.10. The summed E-state index contributed by atoms with van der Waals surface area (Å²) >= 11 is -2.01. The van der Waals surface area contributed by atoms with Crippen LogP contribution in [0.3, 0.4) is 0 Å². The minimum absolute atomic E-state index is 0.000868. The van der Waals surface area contributed by atoms with Crippen molar-refractivity contribution in [1.82, 2.24) is 10.2 Å². The molecule has 2 aliphatic rings. The SMILES string of the molecule is Cc1ccc(S(=O)(=O)O)c(C(C)[S+]([O-])c2cccc3c2C(=O)N(C2CCC(=O)NC2=O)C3=O)c1. The van der Waals surface area contributed by atoms with Crippen molar-refractivity contribution in [2.45, 2.75) is 47.8 Å². The molecule has 0 saturated carbocycles. The summed E-state index contributed by atoms with van der Waals surface area (Å²) in [7, 11) is -4.61. The lowest BCUT2D eigenvalue weighted by Crippen LogP contribution is -2.54. The highest BCUT2D eigenvalue weighted by molar-refractivity contribution is 7.92. The number of fused-ring (bicyclic) bond motifs is 1. The fraction of sp³-hybridized carbons (Fsp3) is 0.273. The number of carbonyl (C=O) groups excluding carboxylic acids is 4. The minimum atomic E-state index is -4.61. The van der Waals surface area contributed by atoms with Gasteiger partial charge in [-0.2, -0.15) is 8.42 Å². The Morgan fingerprint density at radius 2 is 1.85 bits per heavy atom. The van der Waals surface area contributed by atoms with Crippen LogP contribution in [0, 0.1) is 6.92 Å². The Morgan fingerprint density at radius 3 is 2.50 bits per heavy atom. The maximum atomic E-state index is 13.6. The zero-order chi connectivity index (χ0) is 24.9. The number of aryl methyl sites for hydroxylation is 1. The first-order valence-corrected chi connectivity index (χ1v) is 12.9. The van der Waals surface area contributed by atoms with Gasteiger partial charge in [0.05, 0.1) is 5.56 Å². The van der Waals surface area contributed by atoms with E-state index in [2.05, 4.69) is 5.32 Å². The van der Waals surface area contributed by atoms with Gasteiger partial charge in [-0.25, -0.2) is 0 Å². The zero-order valence-corrected chi connectivity index (χ0v) is 19.7. The van der Waals surface area contributed by atoms with Gasteiger partial charge >= 0.3 is 0 Å². The molecule has 2 aliphatic heterocycles. The van der Waals surface area contributed by atoms with Gasteiger partial charge in [-0.05, 0) is 55.7 Å². The molecule has 2 aromatic carbocycles. The molecule has 2 N–H and O–H groups in total. The fourth-order valence-electron chi connectivity index (χ4n) is 4.18. The van der Waals surface area contributed by atoms with Crippen LogP contribution in [0.5, 0.6) is 0 Å². The van der Waals surface area contributed by atoms with Gasteiger partial charge in [-0.1, -0.05) is 17.7 Å². The van der Waals surface area contributed by atoms with E-state index in [-0.39, 0.29) is 34.4 Å². The summed E-state index contributed by atoms with van der Waals surface area (Å²) in [4.78, 5) is 50.4. The number of amides is 4. The smallest absolute Gasteiger partial charge is 0.294 e. The summed E-state index contributed by atoms with van der Waals surface area (Å²) in [6, 6.07) is 7.23. The Morgan fingerprint density at radius 1 is 1.15 bits per heavy atom. The van der Waals surface area contributed by atoms with E-state index in [0.29, 0.717) is 5.56 Å². The van der Waals surface area contributed by atoms with E-state index in [4.69, 9.17) is 0 Å². The van der Waals surface area contributed by atoms with Gasteiger partial charge in [-0.3, -0.25) is 33.9 Å². The molecule has 0 spiro atoms. The number of carbonyl (C=O) groups is 4. The summed E-state index contributed by atoms with van der Waals surface area (Å²) in [6.07, 6.45) is -0.0582. The number of benzene rings is 2. The second-order valence-electron chi connectivity index (χ2n) is 8.08. The van der Waals surface area contributed by atoms with Gasteiger partial charge in [0, 0.05) is 12.0 Å². The van der Waals surface area contributed by atoms with Crippen LogP contribution in [-0.2, 0) is 30.9 Å². The Bertz CT molecular complexity index is 1350. The van der Waals surface area contributed by atoms with Crippen molar-refractivity contribution in [2.75, 3.05) is 0 Å². The van der Waals surface area contributed by atoms with Crippen LogP contribution in [0.4, 0.5) is 0 Å². The Labute approximate surface area is 198 Å². The number of nitrogens with one attached hydrogen (secondary N) is 1.